The average molecular weight is 487 g/mol. The van der Waals surface area contributed by atoms with E-state index in [1.165, 1.54) is 36.4 Å². The topological polar surface area (TPSA) is 74.0 Å². The summed E-state index contributed by atoms with van der Waals surface area (Å²) in [5.41, 5.74) is -0.0980. The van der Waals surface area contributed by atoms with Crippen LogP contribution >= 0.6 is 0 Å². The van der Waals surface area contributed by atoms with Crippen molar-refractivity contribution in [2.24, 2.45) is 0 Å². The third-order valence-corrected chi connectivity index (χ3v) is 5.38. The second kappa shape index (κ2) is 9.21. The number of carbonyl (C=O) groups excluding carboxylic acids is 2. The van der Waals surface area contributed by atoms with Gasteiger partial charge in [0.05, 0.1) is 17.7 Å². The lowest BCUT2D eigenvalue weighted by atomic mass is 10.1. The van der Waals surface area contributed by atoms with Crippen molar-refractivity contribution in [3.05, 3.63) is 94.7 Å². The number of alkyl halides is 3. The van der Waals surface area contributed by atoms with E-state index in [1.807, 2.05) is 0 Å². The van der Waals surface area contributed by atoms with Crippen LogP contribution in [-0.2, 0) is 17.4 Å². The van der Waals surface area contributed by atoms with Crippen LogP contribution < -0.4 is 10.6 Å². The van der Waals surface area contributed by atoms with Crippen LogP contribution in [0.5, 0.6) is 0 Å². The second-order valence-electron chi connectivity index (χ2n) is 7.86. The molecule has 0 aliphatic carbocycles. The molecule has 5 nitrogen and oxygen atoms in total. The molecule has 1 aromatic heterocycles. The Labute approximate surface area is 196 Å². The molecule has 2 amide bonds. The third-order valence-electron chi connectivity index (χ3n) is 5.38. The van der Waals surface area contributed by atoms with Crippen LogP contribution in [0.1, 0.15) is 27.2 Å². The molecule has 0 bridgehead atoms. The molecule has 0 fully saturated rings. The van der Waals surface area contributed by atoms with Gasteiger partial charge in [-0.3, -0.25) is 9.59 Å². The zero-order chi connectivity index (χ0) is 25.3. The van der Waals surface area contributed by atoms with Gasteiger partial charge in [0.1, 0.15) is 11.6 Å². The molecule has 35 heavy (non-hydrogen) atoms. The van der Waals surface area contributed by atoms with Gasteiger partial charge in [0, 0.05) is 27.8 Å². The molecule has 0 radical (unpaired) electrons. The van der Waals surface area contributed by atoms with Gasteiger partial charge < -0.3 is 15.6 Å². The number of aryl methyl sites for hydroxylation is 1. The summed E-state index contributed by atoms with van der Waals surface area (Å²) in [6.45, 7) is 1.68. The SMILES string of the molecule is Cc1[nH]c2ccc(F)cc2c1CC(=O)Nc1ccc(NC(=O)c2ccc(F)cc2)cc1C(F)(F)F. The summed E-state index contributed by atoms with van der Waals surface area (Å²) in [5.74, 6) is -2.52. The fourth-order valence-corrected chi connectivity index (χ4v) is 3.71. The third kappa shape index (κ3) is 5.32. The van der Waals surface area contributed by atoms with Crippen LogP contribution in [-0.4, -0.2) is 16.8 Å². The van der Waals surface area contributed by atoms with Crippen molar-refractivity contribution in [3.63, 3.8) is 0 Å². The number of hydrogen-bond acceptors (Lipinski definition) is 2. The predicted molar refractivity (Wildman–Crippen MR) is 121 cm³/mol. The second-order valence-corrected chi connectivity index (χ2v) is 7.86. The number of amides is 2. The van der Waals surface area contributed by atoms with Crippen molar-refractivity contribution >= 4 is 34.1 Å². The molecule has 0 atom stereocenters. The molecule has 0 spiro atoms. The summed E-state index contributed by atoms with van der Waals surface area (Å²) in [5, 5.41) is 5.05. The molecule has 0 aliphatic heterocycles. The van der Waals surface area contributed by atoms with E-state index < -0.39 is 40.9 Å². The van der Waals surface area contributed by atoms with Crippen LogP contribution in [0.4, 0.5) is 33.3 Å². The maximum Gasteiger partial charge on any atom is 0.418 e. The Morgan fingerprint density at radius 3 is 2.26 bits per heavy atom. The number of nitrogens with one attached hydrogen (secondary N) is 3. The Balaban J connectivity index is 1.56. The Morgan fingerprint density at radius 1 is 0.886 bits per heavy atom. The molecule has 3 aromatic carbocycles. The smallest absolute Gasteiger partial charge is 0.358 e. The number of carbonyl (C=O) groups is 2. The van der Waals surface area contributed by atoms with E-state index in [0.29, 0.717) is 28.2 Å². The standard InChI is InChI=1S/C25H18F5N3O2/c1-13-18(19-10-16(27)6-8-21(19)31-13)12-23(34)33-22-9-7-17(11-20(22)25(28,29)30)32-24(35)14-2-4-15(26)5-3-14/h2-11,31H,12H2,1H3,(H,32,35)(H,33,34). The Morgan fingerprint density at radius 2 is 1.57 bits per heavy atom. The highest BCUT2D eigenvalue weighted by Gasteiger charge is 2.34. The highest BCUT2D eigenvalue weighted by Crippen LogP contribution is 2.37. The molecular weight excluding hydrogens is 469 g/mol. The highest BCUT2D eigenvalue weighted by molar-refractivity contribution is 6.04. The Kier molecular flexibility index (Phi) is 6.29. The van der Waals surface area contributed by atoms with Gasteiger partial charge in [-0.05, 0) is 73.2 Å². The van der Waals surface area contributed by atoms with Gasteiger partial charge in [-0.25, -0.2) is 8.78 Å². The predicted octanol–water partition coefficient (Wildman–Crippen LogP) is 6.21. The minimum atomic E-state index is -4.83. The summed E-state index contributed by atoms with van der Waals surface area (Å²) in [6, 6.07) is 11.5. The molecule has 3 N–H and O–H groups in total. The van der Waals surface area contributed by atoms with Gasteiger partial charge in [-0.2, -0.15) is 13.2 Å². The molecule has 0 unspecified atom stereocenters. The lowest BCUT2D eigenvalue weighted by Gasteiger charge is -2.16. The number of aromatic amines is 1. The van der Waals surface area contributed by atoms with E-state index in [9.17, 15) is 31.5 Å². The normalized spacial score (nSPS) is 11.5. The first-order valence-corrected chi connectivity index (χ1v) is 10.4. The van der Waals surface area contributed by atoms with Gasteiger partial charge in [-0.15, -0.1) is 0 Å². The van der Waals surface area contributed by atoms with Crippen LogP contribution in [0, 0.1) is 18.6 Å². The van der Waals surface area contributed by atoms with E-state index in [2.05, 4.69) is 15.6 Å². The molecular formula is C25H18F5N3O2. The summed E-state index contributed by atoms with van der Waals surface area (Å²) < 4.78 is 67.9. The van der Waals surface area contributed by atoms with Crippen LogP contribution in [0.3, 0.4) is 0 Å². The number of H-pyrrole nitrogens is 1. The molecule has 4 rings (SSSR count). The fraction of sp³-hybridized carbons (Fsp3) is 0.120. The van der Waals surface area contributed by atoms with Gasteiger partial charge in [0.15, 0.2) is 0 Å². The highest BCUT2D eigenvalue weighted by atomic mass is 19.4. The molecule has 10 heteroatoms. The molecule has 180 valence electrons. The monoisotopic (exact) mass is 487 g/mol. The Bertz CT molecular complexity index is 1430. The zero-order valence-electron chi connectivity index (χ0n) is 18.2. The largest absolute Gasteiger partial charge is 0.418 e. The summed E-state index contributed by atoms with van der Waals surface area (Å²) in [6.07, 6.45) is -5.12. The zero-order valence-corrected chi connectivity index (χ0v) is 18.2. The number of aromatic nitrogens is 1. The van der Waals surface area contributed by atoms with Gasteiger partial charge in [0.25, 0.3) is 5.91 Å². The summed E-state index contributed by atoms with van der Waals surface area (Å²) >= 11 is 0. The van der Waals surface area contributed by atoms with Crippen molar-refractivity contribution in [1.29, 1.82) is 0 Å². The first-order valence-electron chi connectivity index (χ1n) is 10.4. The van der Waals surface area contributed by atoms with Gasteiger partial charge >= 0.3 is 6.18 Å². The van der Waals surface area contributed by atoms with E-state index in [1.54, 1.807) is 6.92 Å². The van der Waals surface area contributed by atoms with Crippen LogP contribution in [0.2, 0.25) is 0 Å². The number of rotatable bonds is 5. The summed E-state index contributed by atoms with van der Waals surface area (Å²) in [7, 11) is 0. The van der Waals surface area contributed by atoms with Crippen molar-refractivity contribution in [2.75, 3.05) is 10.6 Å². The minimum Gasteiger partial charge on any atom is -0.358 e. The maximum absolute atomic E-state index is 13.7. The molecule has 1 heterocycles. The lowest BCUT2D eigenvalue weighted by Crippen LogP contribution is -2.19. The van der Waals surface area contributed by atoms with E-state index in [-0.39, 0.29) is 17.7 Å². The first-order chi connectivity index (χ1) is 16.5. The van der Waals surface area contributed by atoms with E-state index >= 15 is 0 Å². The quantitative estimate of drug-likeness (QED) is 0.293. The van der Waals surface area contributed by atoms with Crippen LogP contribution in [0.15, 0.2) is 60.7 Å². The van der Waals surface area contributed by atoms with Crippen LogP contribution in [0.25, 0.3) is 10.9 Å². The number of hydrogen-bond donors (Lipinski definition) is 3. The lowest BCUT2D eigenvalue weighted by molar-refractivity contribution is -0.136. The van der Waals surface area contributed by atoms with Crippen molar-refractivity contribution < 1.29 is 31.5 Å². The maximum atomic E-state index is 13.7. The average Bonchev–Trinajstić information content (AvgIpc) is 3.08. The number of halogens is 5. The number of benzene rings is 3. The fourth-order valence-electron chi connectivity index (χ4n) is 3.71. The van der Waals surface area contributed by atoms with Crippen molar-refractivity contribution in [3.8, 4) is 0 Å². The van der Waals surface area contributed by atoms with Gasteiger partial charge in [-0.1, -0.05) is 0 Å². The van der Waals surface area contributed by atoms with Gasteiger partial charge in [0.2, 0.25) is 5.91 Å². The first kappa shape index (κ1) is 23.9. The van der Waals surface area contributed by atoms with E-state index in [4.69, 9.17) is 0 Å². The summed E-state index contributed by atoms with van der Waals surface area (Å²) in [4.78, 5) is 27.9. The van der Waals surface area contributed by atoms with Crippen molar-refractivity contribution in [2.45, 2.75) is 19.5 Å². The van der Waals surface area contributed by atoms with Crippen molar-refractivity contribution in [1.82, 2.24) is 4.98 Å². The number of anilines is 2. The molecule has 0 aliphatic rings. The van der Waals surface area contributed by atoms with E-state index in [0.717, 1.165) is 18.2 Å². The Hall–Kier alpha value is -4.21. The molecule has 0 saturated heterocycles. The molecule has 4 aromatic rings. The minimum absolute atomic E-state index is 0.0582. The number of fused-ring (bicyclic) bond motifs is 1. The molecule has 0 saturated carbocycles.